The minimum absolute atomic E-state index is 0.0350. The minimum Gasteiger partial charge on any atom is -0.338 e. The van der Waals surface area contributed by atoms with Gasteiger partial charge >= 0.3 is 6.03 Å². The first-order chi connectivity index (χ1) is 11.6. The Bertz CT molecular complexity index is 688. The normalized spacial score (nSPS) is 17.5. The molecule has 2 amide bonds. The summed E-state index contributed by atoms with van der Waals surface area (Å²) in [4.78, 5) is 19.0. The number of amides is 2. The Morgan fingerprint density at radius 2 is 2.29 bits per heavy atom. The standard InChI is InChI=1S/C17H25N5OS/c1-11-10-24-15(19-11)7-4-8-18-17(23)22-9-5-6-14(22)16-12(2)20-21-13(16)3/h10,14H,4-9H2,1-3H3,(H,18,23)(H,20,21)/t14-/m1/s1. The predicted octanol–water partition coefficient (Wildman–Crippen LogP) is 3.27. The fraction of sp³-hybridized carbons (Fsp3) is 0.588. The molecular formula is C17H25N5OS. The molecule has 2 aromatic heterocycles. The Morgan fingerprint density at radius 3 is 2.96 bits per heavy atom. The molecule has 130 valence electrons. The number of carbonyl (C=O) groups excluding carboxylic acids is 1. The SMILES string of the molecule is Cc1csc(CCCNC(=O)N2CCC[C@@H]2c2c(C)n[nH]c2C)n1. The number of hydrogen-bond donors (Lipinski definition) is 2. The monoisotopic (exact) mass is 347 g/mol. The number of aromatic amines is 1. The Hall–Kier alpha value is -1.89. The number of carbonyl (C=O) groups is 1. The van der Waals surface area contributed by atoms with Crippen molar-refractivity contribution in [3.8, 4) is 0 Å². The summed E-state index contributed by atoms with van der Waals surface area (Å²) < 4.78 is 0. The van der Waals surface area contributed by atoms with E-state index < -0.39 is 0 Å². The van der Waals surface area contributed by atoms with Crippen LogP contribution < -0.4 is 5.32 Å². The summed E-state index contributed by atoms with van der Waals surface area (Å²) in [6.07, 6.45) is 3.89. The highest BCUT2D eigenvalue weighted by Crippen LogP contribution is 2.34. The molecular weight excluding hydrogens is 322 g/mol. The van der Waals surface area contributed by atoms with Crippen LogP contribution in [0.5, 0.6) is 0 Å². The third-order valence-corrected chi connectivity index (χ3v) is 5.57. The number of thiazole rings is 1. The number of aryl methyl sites for hydroxylation is 4. The molecule has 1 aliphatic rings. The van der Waals surface area contributed by atoms with Crippen LogP contribution >= 0.6 is 11.3 Å². The van der Waals surface area contributed by atoms with E-state index in [2.05, 4.69) is 25.9 Å². The van der Waals surface area contributed by atoms with Gasteiger partial charge in [-0.3, -0.25) is 5.10 Å². The van der Waals surface area contributed by atoms with Gasteiger partial charge in [-0.25, -0.2) is 9.78 Å². The summed E-state index contributed by atoms with van der Waals surface area (Å²) in [5.74, 6) is 0. The van der Waals surface area contributed by atoms with E-state index in [0.717, 1.165) is 54.3 Å². The van der Waals surface area contributed by atoms with Gasteiger partial charge in [-0.1, -0.05) is 0 Å². The van der Waals surface area contributed by atoms with Gasteiger partial charge in [0.05, 0.1) is 16.7 Å². The quantitative estimate of drug-likeness (QED) is 0.815. The van der Waals surface area contributed by atoms with Crippen molar-refractivity contribution in [2.45, 2.75) is 52.5 Å². The van der Waals surface area contributed by atoms with Gasteiger partial charge in [0.2, 0.25) is 0 Å². The van der Waals surface area contributed by atoms with E-state index in [0.29, 0.717) is 6.54 Å². The molecule has 6 nitrogen and oxygen atoms in total. The van der Waals surface area contributed by atoms with Crippen LogP contribution in [0.1, 0.15) is 53.0 Å². The molecule has 1 fully saturated rings. The number of nitrogens with zero attached hydrogens (tertiary/aromatic N) is 3. The molecule has 24 heavy (non-hydrogen) atoms. The fourth-order valence-corrected chi connectivity index (χ4v) is 4.23. The van der Waals surface area contributed by atoms with Crippen molar-refractivity contribution >= 4 is 17.4 Å². The van der Waals surface area contributed by atoms with Crippen molar-refractivity contribution in [3.63, 3.8) is 0 Å². The zero-order valence-corrected chi connectivity index (χ0v) is 15.4. The Balaban J connectivity index is 1.52. The lowest BCUT2D eigenvalue weighted by Crippen LogP contribution is -2.40. The summed E-state index contributed by atoms with van der Waals surface area (Å²) >= 11 is 1.69. The number of aromatic nitrogens is 3. The lowest BCUT2D eigenvalue weighted by molar-refractivity contribution is 0.192. The smallest absolute Gasteiger partial charge is 0.317 e. The van der Waals surface area contributed by atoms with Gasteiger partial charge in [-0.2, -0.15) is 5.10 Å². The molecule has 3 heterocycles. The van der Waals surface area contributed by atoms with Gasteiger partial charge in [-0.15, -0.1) is 11.3 Å². The van der Waals surface area contributed by atoms with Crippen LogP contribution in [0.2, 0.25) is 0 Å². The molecule has 2 aromatic rings. The van der Waals surface area contributed by atoms with Gasteiger partial charge in [0, 0.05) is 41.8 Å². The fourth-order valence-electron chi connectivity index (χ4n) is 3.41. The molecule has 0 saturated carbocycles. The number of H-pyrrole nitrogens is 1. The second-order valence-corrected chi connectivity index (χ2v) is 7.36. The van der Waals surface area contributed by atoms with E-state index >= 15 is 0 Å². The number of nitrogens with one attached hydrogen (secondary N) is 2. The van der Waals surface area contributed by atoms with E-state index in [-0.39, 0.29) is 12.1 Å². The number of hydrogen-bond acceptors (Lipinski definition) is 4. The van der Waals surface area contributed by atoms with Crippen molar-refractivity contribution in [2.75, 3.05) is 13.1 Å². The van der Waals surface area contributed by atoms with Crippen LogP contribution in [0.3, 0.4) is 0 Å². The van der Waals surface area contributed by atoms with Gasteiger partial charge in [0.1, 0.15) is 0 Å². The summed E-state index contributed by atoms with van der Waals surface area (Å²) in [7, 11) is 0. The van der Waals surface area contributed by atoms with E-state index in [1.807, 2.05) is 25.7 Å². The first-order valence-corrected chi connectivity index (χ1v) is 9.41. The molecule has 0 unspecified atom stereocenters. The van der Waals surface area contributed by atoms with Crippen molar-refractivity contribution in [3.05, 3.63) is 33.0 Å². The topological polar surface area (TPSA) is 73.9 Å². The summed E-state index contributed by atoms with van der Waals surface area (Å²) in [6.45, 7) is 7.54. The van der Waals surface area contributed by atoms with E-state index in [9.17, 15) is 4.79 Å². The van der Waals surface area contributed by atoms with Crippen LogP contribution in [0.15, 0.2) is 5.38 Å². The van der Waals surface area contributed by atoms with E-state index in [1.54, 1.807) is 11.3 Å². The summed E-state index contributed by atoms with van der Waals surface area (Å²) in [5.41, 5.74) is 4.32. The lowest BCUT2D eigenvalue weighted by atomic mass is 10.0. The largest absolute Gasteiger partial charge is 0.338 e. The summed E-state index contributed by atoms with van der Waals surface area (Å²) in [6, 6.07) is 0.179. The first-order valence-electron chi connectivity index (χ1n) is 8.53. The molecule has 1 aliphatic heterocycles. The number of likely N-dealkylation sites (tertiary alicyclic amines) is 1. The van der Waals surface area contributed by atoms with Crippen molar-refractivity contribution in [1.29, 1.82) is 0 Å². The maximum absolute atomic E-state index is 12.6. The molecule has 0 bridgehead atoms. The number of rotatable bonds is 5. The zero-order valence-electron chi connectivity index (χ0n) is 14.6. The van der Waals surface area contributed by atoms with Crippen molar-refractivity contribution < 1.29 is 4.79 Å². The third-order valence-electron chi connectivity index (χ3n) is 4.54. The average molecular weight is 347 g/mol. The molecule has 7 heteroatoms. The highest BCUT2D eigenvalue weighted by Gasteiger charge is 2.32. The van der Waals surface area contributed by atoms with Crippen LogP contribution in [-0.2, 0) is 6.42 Å². The second-order valence-electron chi connectivity index (χ2n) is 6.42. The molecule has 1 atom stereocenters. The number of urea groups is 1. The van der Waals surface area contributed by atoms with Gasteiger partial charge in [-0.05, 0) is 40.0 Å². The van der Waals surface area contributed by atoms with Gasteiger partial charge in [0.15, 0.2) is 0 Å². The predicted molar refractivity (Wildman–Crippen MR) is 95.3 cm³/mol. The Kier molecular flexibility index (Phi) is 5.18. The average Bonchev–Trinajstić information content (AvgIpc) is 3.25. The van der Waals surface area contributed by atoms with Crippen LogP contribution in [0, 0.1) is 20.8 Å². The molecule has 0 aromatic carbocycles. The minimum atomic E-state index is 0.0350. The Labute approximate surface area is 146 Å². The molecule has 2 N–H and O–H groups in total. The highest BCUT2D eigenvalue weighted by molar-refractivity contribution is 7.09. The van der Waals surface area contributed by atoms with Crippen molar-refractivity contribution in [2.24, 2.45) is 0 Å². The highest BCUT2D eigenvalue weighted by atomic mass is 32.1. The van der Waals surface area contributed by atoms with Gasteiger partial charge < -0.3 is 10.2 Å². The molecule has 0 aliphatic carbocycles. The van der Waals surface area contributed by atoms with Gasteiger partial charge in [0.25, 0.3) is 0 Å². The lowest BCUT2D eigenvalue weighted by Gasteiger charge is -2.25. The maximum atomic E-state index is 12.6. The summed E-state index contributed by atoms with van der Waals surface area (Å²) in [5, 5.41) is 13.6. The molecule has 0 spiro atoms. The maximum Gasteiger partial charge on any atom is 0.317 e. The van der Waals surface area contributed by atoms with E-state index in [1.165, 1.54) is 5.56 Å². The Morgan fingerprint density at radius 1 is 1.46 bits per heavy atom. The second kappa shape index (κ2) is 7.34. The molecule has 0 radical (unpaired) electrons. The van der Waals surface area contributed by atoms with E-state index in [4.69, 9.17) is 0 Å². The zero-order chi connectivity index (χ0) is 17.1. The first kappa shape index (κ1) is 17.0. The van der Waals surface area contributed by atoms with Crippen LogP contribution in [-0.4, -0.2) is 39.2 Å². The van der Waals surface area contributed by atoms with Crippen LogP contribution in [0.25, 0.3) is 0 Å². The molecule has 3 rings (SSSR count). The molecule has 1 saturated heterocycles. The third kappa shape index (κ3) is 3.61. The van der Waals surface area contributed by atoms with Crippen molar-refractivity contribution in [1.82, 2.24) is 25.4 Å². The van der Waals surface area contributed by atoms with Crippen LogP contribution in [0.4, 0.5) is 4.79 Å².